The number of aromatic nitrogens is 1. The van der Waals surface area contributed by atoms with Gasteiger partial charge in [-0.05, 0) is 50.1 Å². The Morgan fingerprint density at radius 3 is 2.62 bits per heavy atom. The highest BCUT2D eigenvalue weighted by Gasteiger charge is 2.31. The summed E-state index contributed by atoms with van der Waals surface area (Å²) in [5, 5.41) is 0.537. The van der Waals surface area contributed by atoms with Crippen LogP contribution in [0.2, 0.25) is 0 Å². The number of piperazine rings is 1. The lowest BCUT2D eigenvalue weighted by Gasteiger charge is -2.40. The van der Waals surface area contributed by atoms with E-state index in [1.807, 2.05) is 24.0 Å². The lowest BCUT2D eigenvalue weighted by Crippen LogP contribution is -2.54. The van der Waals surface area contributed by atoms with Crippen molar-refractivity contribution in [3.8, 4) is 0 Å². The van der Waals surface area contributed by atoms with E-state index in [-0.39, 0.29) is 29.2 Å². The summed E-state index contributed by atoms with van der Waals surface area (Å²) in [6, 6.07) is 3.43. The van der Waals surface area contributed by atoms with E-state index in [0.717, 1.165) is 5.57 Å². The largest absolute Gasteiger partial charge is 0.358 e. The van der Waals surface area contributed by atoms with Crippen LogP contribution >= 0.6 is 11.6 Å². The van der Waals surface area contributed by atoms with Crippen molar-refractivity contribution >= 4 is 40.1 Å². The zero-order chi connectivity index (χ0) is 26.9. The van der Waals surface area contributed by atoms with Crippen LogP contribution < -0.4 is 0 Å². The fourth-order valence-corrected chi connectivity index (χ4v) is 5.24. The Labute approximate surface area is 221 Å². The van der Waals surface area contributed by atoms with Gasteiger partial charge in [0, 0.05) is 74.4 Å². The van der Waals surface area contributed by atoms with Crippen molar-refractivity contribution in [3.63, 3.8) is 0 Å². The molecule has 1 aromatic carbocycles. The molecule has 7 nitrogen and oxygen atoms in total. The van der Waals surface area contributed by atoms with Gasteiger partial charge in [0.2, 0.25) is 0 Å². The van der Waals surface area contributed by atoms with Crippen molar-refractivity contribution in [2.24, 2.45) is 0 Å². The predicted octanol–water partition coefficient (Wildman–Crippen LogP) is 4.37. The number of ketones is 1. The van der Waals surface area contributed by atoms with Gasteiger partial charge >= 0.3 is 0 Å². The van der Waals surface area contributed by atoms with E-state index in [1.165, 1.54) is 31.1 Å². The molecular weight excluding hydrogens is 495 g/mol. The number of hydrogen-bond acceptors (Lipinski definition) is 4. The minimum Gasteiger partial charge on any atom is -0.358 e. The summed E-state index contributed by atoms with van der Waals surface area (Å²) in [7, 11) is 3.06. The second-order valence-electron chi connectivity index (χ2n) is 9.91. The molecule has 37 heavy (non-hydrogen) atoms. The average Bonchev–Trinajstić information content (AvgIpc) is 3.04. The van der Waals surface area contributed by atoms with Gasteiger partial charge in [0.25, 0.3) is 17.6 Å². The summed E-state index contributed by atoms with van der Waals surface area (Å²) in [6.45, 7) is 6.36. The quantitative estimate of drug-likeness (QED) is 0.344. The Morgan fingerprint density at radius 2 is 1.95 bits per heavy atom. The summed E-state index contributed by atoms with van der Waals surface area (Å²) in [4.78, 5) is 47.6. The lowest BCUT2D eigenvalue weighted by atomic mass is 9.99. The van der Waals surface area contributed by atoms with Crippen LogP contribution in [0, 0.1) is 6.92 Å². The van der Waals surface area contributed by atoms with Gasteiger partial charge in [-0.15, -0.1) is 11.6 Å². The van der Waals surface area contributed by atoms with E-state index < -0.39 is 11.7 Å². The van der Waals surface area contributed by atoms with Gasteiger partial charge in [0.05, 0.1) is 5.56 Å². The van der Waals surface area contributed by atoms with Gasteiger partial charge < -0.3 is 14.8 Å². The normalized spacial score (nSPS) is 18.4. The molecule has 2 heterocycles. The Morgan fingerprint density at radius 1 is 1.19 bits per heavy atom. The van der Waals surface area contributed by atoms with Gasteiger partial charge in [0.15, 0.2) is 0 Å². The van der Waals surface area contributed by atoms with Crippen LogP contribution in [-0.4, -0.2) is 83.6 Å². The molecule has 0 bridgehead atoms. The number of amides is 2. The molecule has 1 N–H and O–H groups in total. The molecule has 1 atom stereocenters. The van der Waals surface area contributed by atoms with Crippen molar-refractivity contribution < 1.29 is 18.8 Å². The Hall–Kier alpha value is -3.23. The first-order valence-electron chi connectivity index (χ1n) is 12.3. The number of alkyl halides is 1. The van der Waals surface area contributed by atoms with Crippen LogP contribution in [-0.2, 0) is 10.7 Å². The fraction of sp³-hybridized carbons (Fsp3) is 0.393. The van der Waals surface area contributed by atoms with Crippen molar-refractivity contribution in [2.75, 3.05) is 40.3 Å². The molecule has 0 radical (unpaired) electrons. The van der Waals surface area contributed by atoms with Gasteiger partial charge in [-0.1, -0.05) is 17.7 Å². The van der Waals surface area contributed by atoms with Crippen LogP contribution in [0.3, 0.4) is 0 Å². The first-order chi connectivity index (χ1) is 17.6. The molecule has 2 aromatic rings. The number of carbonyl (C=O) groups excluding carboxylic acids is 3. The highest BCUT2D eigenvalue weighted by atomic mass is 35.5. The molecule has 2 amide bonds. The average molecular weight is 527 g/mol. The van der Waals surface area contributed by atoms with Gasteiger partial charge in [-0.2, -0.15) is 0 Å². The Balaban J connectivity index is 1.58. The smallest absolute Gasteiger partial charge is 0.294 e. The number of nitrogens with one attached hydrogen (secondary N) is 1. The molecule has 1 aromatic heterocycles. The number of likely N-dealkylation sites (N-methyl/N-ethyl adjacent to an activating group) is 1. The number of benzene rings is 1. The number of Topliss-reactive ketones (excluding diaryl/α,β-unsaturated/α-hetero) is 1. The van der Waals surface area contributed by atoms with Crippen LogP contribution in [0.15, 0.2) is 47.8 Å². The zero-order valence-electron chi connectivity index (χ0n) is 21.6. The van der Waals surface area contributed by atoms with Crippen molar-refractivity contribution in [1.82, 2.24) is 19.7 Å². The number of hydrogen-bond donors (Lipinski definition) is 1. The Bertz CT molecular complexity index is 1340. The maximum absolute atomic E-state index is 13.8. The Kier molecular flexibility index (Phi) is 7.99. The van der Waals surface area contributed by atoms with E-state index in [9.17, 15) is 18.8 Å². The highest BCUT2D eigenvalue weighted by Crippen LogP contribution is 2.29. The number of aryl methyl sites for hydroxylation is 1. The second-order valence-corrected chi connectivity index (χ2v) is 10.2. The molecule has 1 fully saturated rings. The molecule has 1 unspecified atom stereocenters. The van der Waals surface area contributed by atoms with Crippen molar-refractivity contribution in [1.29, 1.82) is 0 Å². The molecule has 4 rings (SSSR count). The minimum absolute atomic E-state index is 0.0568. The number of rotatable bonds is 6. The number of H-pyrrole nitrogens is 1. The van der Waals surface area contributed by atoms with Crippen molar-refractivity contribution in [3.05, 3.63) is 70.2 Å². The number of halogens is 2. The van der Waals surface area contributed by atoms with E-state index in [2.05, 4.69) is 9.88 Å². The number of allylic oxidation sites excluding steroid dienone is 5. The minimum atomic E-state index is -0.624. The maximum Gasteiger partial charge on any atom is 0.294 e. The molecular formula is C28H32ClFN4O3. The van der Waals surface area contributed by atoms with E-state index >= 15 is 0 Å². The van der Waals surface area contributed by atoms with Gasteiger partial charge in [-0.25, -0.2) is 4.39 Å². The molecule has 1 saturated heterocycles. The summed E-state index contributed by atoms with van der Waals surface area (Å²) in [6.07, 6.45) is 7.32. The number of aromatic amines is 1. The number of carbonyl (C=O) groups is 3. The van der Waals surface area contributed by atoms with E-state index in [4.69, 9.17) is 11.6 Å². The first-order valence-corrected chi connectivity index (χ1v) is 12.9. The topological polar surface area (TPSA) is 76.7 Å². The molecule has 1 aliphatic carbocycles. The number of nitrogens with zero attached hydrogens (tertiary/aromatic N) is 3. The SMILES string of the molecule is Cc1[nH]c2cc(CCl)c(C(=O)N3CCN(CC4=CC=C(F)C=CC4)CC3C)cc2c1C(=O)C(=O)N(C)C. The highest BCUT2D eigenvalue weighted by molar-refractivity contribution is 6.45. The van der Waals surface area contributed by atoms with Crippen LogP contribution in [0.25, 0.3) is 10.9 Å². The summed E-state index contributed by atoms with van der Waals surface area (Å²) in [5.41, 5.74) is 3.73. The molecule has 9 heteroatoms. The third kappa shape index (κ3) is 5.55. The monoisotopic (exact) mass is 526 g/mol. The lowest BCUT2D eigenvalue weighted by molar-refractivity contribution is -0.124. The predicted molar refractivity (Wildman–Crippen MR) is 144 cm³/mol. The van der Waals surface area contributed by atoms with Crippen LogP contribution in [0.1, 0.15) is 45.3 Å². The molecule has 0 saturated carbocycles. The van der Waals surface area contributed by atoms with Crippen LogP contribution in [0.5, 0.6) is 0 Å². The third-order valence-corrected chi connectivity index (χ3v) is 7.23. The first kappa shape index (κ1) is 26.8. The molecule has 196 valence electrons. The summed E-state index contributed by atoms with van der Waals surface area (Å²) in [5.74, 6) is -1.51. The second kappa shape index (κ2) is 11.0. The van der Waals surface area contributed by atoms with E-state index in [0.29, 0.717) is 60.3 Å². The van der Waals surface area contributed by atoms with Gasteiger partial charge in [-0.3, -0.25) is 19.3 Å². The van der Waals surface area contributed by atoms with Crippen LogP contribution in [0.4, 0.5) is 4.39 Å². The van der Waals surface area contributed by atoms with Gasteiger partial charge in [0.1, 0.15) is 5.83 Å². The fourth-order valence-electron chi connectivity index (χ4n) is 5.02. The molecule has 1 aliphatic heterocycles. The maximum atomic E-state index is 13.8. The molecule has 2 aliphatic rings. The standard InChI is InChI=1S/C28H32ClFN4O3/c1-17-15-33(16-19-6-5-7-21(30)9-8-19)10-11-34(17)27(36)22-13-23-24(12-20(22)14-29)31-18(2)25(23)26(35)28(37)32(3)4/h5,7-9,12-13,17,31H,6,10-11,14-16H2,1-4H3. The number of fused-ring (bicyclic) bond motifs is 1. The van der Waals surface area contributed by atoms with Crippen molar-refractivity contribution in [2.45, 2.75) is 32.2 Å². The van der Waals surface area contributed by atoms with E-state index in [1.54, 1.807) is 19.1 Å². The third-order valence-electron chi connectivity index (χ3n) is 6.95. The summed E-state index contributed by atoms with van der Waals surface area (Å²) >= 11 is 6.24. The summed E-state index contributed by atoms with van der Waals surface area (Å²) < 4.78 is 13.5. The molecule has 0 spiro atoms. The zero-order valence-corrected chi connectivity index (χ0v) is 22.4.